The predicted octanol–water partition coefficient (Wildman–Crippen LogP) is 12.1. The van der Waals surface area contributed by atoms with Crippen LogP contribution >= 0.6 is 0 Å². The number of hydrogen-bond acceptors (Lipinski definition) is 3. The van der Waals surface area contributed by atoms with Gasteiger partial charge >= 0.3 is 5.97 Å². The van der Waals surface area contributed by atoms with Gasteiger partial charge in [-0.05, 0) is 71.1 Å². The highest BCUT2D eigenvalue weighted by Gasteiger charge is 2.11. The Balaban J connectivity index is 3.46. The zero-order valence-corrected chi connectivity index (χ0v) is 29.1. The van der Waals surface area contributed by atoms with Gasteiger partial charge < -0.3 is 10.1 Å². The van der Waals surface area contributed by atoms with Crippen molar-refractivity contribution < 1.29 is 14.3 Å². The largest absolute Gasteiger partial charge is 0.461 e. The number of ether oxygens (including phenoxy) is 1. The number of unbranched alkanes of at least 4 members (excludes halogenated alkanes) is 22. The van der Waals surface area contributed by atoms with Crippen molar-refractivity contribution in [2.24, 2.45) is 0 Å². The van der Waals surface area contributed by atoms with Gasteiger partial charge in [-0.2, -0.15) is 0 Å². The molecule has 0 aromatic carbocycles. The first kappa shape index (κ1) is 41.4. The quantitative estimate of drug-likeness (QED) is 0.0461. The normalized spacial score (nSPS) is 12.3. The molecule has 0 aromatic heterocycles. The summed E-state index contributed by atoms with van der Waals surface area (Å²) in [6, 6.07) is 0. The number of allylic oxidation sites excluding steroid dienone is 4. The maximum absolute atomic E-state index is 12.1. The number of carbonyl (C=O) groups excluding carboxylic acids is 2. The molecular weight excluding hydrogens is 530 g/mol. The maximum atomic E-state index is 12.1. The van der Waals surface area contributed by atoms with Gasteiger partial charge in [-0.3, -0.25) is 9.59 Å². The second-order valence-electron chi connectivity index (χ2n) is 12.8. The van der Waals surface area contributed by atoms with Crippen LogP contribution in [0.3, 0.4) is 0 Å². The fourth-order valence-corrected chi connectivity index (χ4v) is 5.37. The lowest BCUT2D eigenvalue weighted by molar-refractivity contribution is -0.148. The molecule has 0 aromatic rings. The van der Waals surface area contributed by atoms with E-state index in [9.17, 15) is 9.59 Å². The summed E-state index contributed by atoms with van der Waals surface area (Å²) in [5, 5.41) is 2.93. The molecule has 0 bridgehead atoms. The first-order valence-corrected chi connectivity index (χ1v) is 18.9. The topological polar surface area (TPSA) is 55.4 Å². The first-order chi connectivity index (χ1) is 21.1. The van der Waals surface area contributed by atoms with Gasteiger partial charge in [0.1, 0.15) is 6.10 Å². The Bertz CT molecular complexity index is 657. The highest BCUT2D eigenvalue weighted by molar-refractivity contribution is 5.75. The van der Waals surface area contributed by atoms with E-state index in [0.717, 1.165) is 25.7 Å². The van der Waals surface area contributed by atoms with E-state index in [-0.39, 0.29) is 18.0 Å². The Morgan fingerprint density at radius 3 is 1.28 bits per heavy atom. The Morgan fingerprint density at radius 2 is 0.860 bits per heavy atom. The van der Waals surface area contributed by atoms with Crippen molar-refractivity contribution in [3.63, 3.8) is 0 Å². The van der Waals surface area contributed by atoms with Crippen molar-refractivity contribution in [3.05, 3.63) is 24.3 Å². The Labute approximate surface area is 268 Å². The van der Waals surface area contributed by atoms with Crippen molar-refractivity contribution in [1.82, 2.24) is 5.32 Å². The van der Waals surface area contributed by atoms with Crippen LogP contribution in [0.1, 0.15) is 201 Å². The average molecular weight is 604 g/mol. The van der Waals surface area contributed by atoms with E-state index >= 15 is 0 Å². The van der Waals surface area contributed by atoms with Crippen LogP contribution in [0.2, 0.25) is 0 Å². The van der Waals surface area contributed by atoms with Crippen molar-refractivity contribution in [3.8, 4) is 0 Å². The smallest absolute Gasteiger partial charge is 0.306 e. The third-order valence-corrected chi connectivity index (χ3v) is 8.23. The average Bonchev–Trinajstić information content (AvgIpc) is 3.00. The molecule has 1 unspecified atom stereocenters. The summed E-state index contributed by atoms with van der Waals surface area (Å²) in [5.41, 5.74) is 0. The Hall–Kier alpha value is -1.58. The zero-order chi connectivity index (χ0) is 31.5. The van der Waals surface area contributed by atoms with E-state index in [1.54, 1.807) is 0 Å². The van der Waals surface area contributed by atoms with E-state index in [2.05, 4.69) is 43.5 Å². The molecule has 4 nitrogen and oxygen atoms in total. The van der Waals surface area contributed by atoms with Gasteiger partial charge in [-0.1, -0.05) is 141 Å². The predicted molar refractivity (Wildman–Crippen MR) is 187 cm³/mol. The minimum absolute atomic E-state index is 0.0674. The van der Waals surface area contributed by atoms with Gasteiger partial charge in [0.15, 0.2) is 0 Å². The SMILES string of the molecule is CCCCCCCCC=CCCCCCCCC(=O)NCC(C)OC(=O)CCCCCCCC=CCCCCCCCC. The van der Waals surface area contributed by atoms with Gasteiger partial charge in [0.05, 0.1) is 6.54 Å². The summed E-state index contributed by atoms with van der Waals surface area (Å²) in [4.78, 5) is 24.2. The van der Waals surface area contributed by atoms with E-state index in [1.165, 1.54) is 141 Å². The fraction of sp³-hybridized carbons (Fsp3) is 0.846. The van der Waals surface area contributed by atoms with Crippen molar-refractivity contribution in [2.45, 2.75) is 207 Å². The minimum Gasteiger partial charge on any atom is -0.461 e. The van der Waals surface area contributed by atoms with Crippen molar-refractivity contribution >= 4 is 11.9 Å². The van der Waals surface area contributed by atoms with Gasteiger partial charge in [0.2, 0.25) is 5.91 Å². The van der Waals surface area contributed by atoms with Crippen LogP contribution in [-0.4, -0.2) is 24.5 Å². The summed E-state index contributed by atoms with van der Waals surface area (Å²) in [5.74, 6) is -0.0746. The Morgan fingerprint density at radius 1 is 0.512 bits per heavy atom. The van der Waals surface area contributed by atoms with E-state index < -0.39 is 0 Å². The standard InChI is InChI=1S/C39H73NO3/c1-4-6-8-10-12-14-16-18-20-22-24-26-28-30-32-34-38(41)40-36-37(3)43-39(42)35-33-31-29-27-25-23-21-19-17-15-13-11-9-7-5-2/h18-21,37H,4-17,22-36H2,1-3H3,(H,40,41). The number of esters is 1. The first-order valence-electron chi connectivity index (χ1n) is 18.9. The van der Waals surface area contributed by atoms with E-state index in [1.807, 2.05) is 6.92 Å². The second kappa shape index (κ2) is 34.9. The summed E-state index contributed by atoms with van der Waals surface area (Å²) in [6.45, 7) is 6.80. The molecule has 0 radical (unpaired) electrons. The van der Waals surface area contributed by atoms with Crippen LogP contribution in [0.4, 0.5) is 0 Å². The van der Waals surface area contributed by atoms with Crippen LogP contribution in [0.15, 0.2) is 24.3 Å². The number of rotatable bonds is 33. The highest BCUT2D eigenvalue weighted by atomic mass is 16.5. The second-order valence-corrected chi connectivity index (χ2v) is 12.8. The van der Waals surface area contributed by atoms with Crippen LogP contribution in [0.25, 0.3) is 0 Å². The molecule has 43 heavy (non-hydrogen) atoms. The van der Waals surface area contributed by atoms with Gasteiger partial charge in [0.25, 0.3) is 0 Å². The lowest BCUT2D eigenvalue weighted by atomic mass is 10.1. The van der Waals surface area contributed by atoms with E-state index in [4.69, 9.17) is 4.74 Å². The van der Waals surface area contributed by atoms with Crippen LogP contribution in [-0.2, 0) is 14.3 Å². The summed E-state index contributed by atoms with van der Waals surface area (Å²) in [7, 11) is 0. The number of hydrogen-bond donors (Lipinski definition) is 1. The molecule has 4 heteroatoms. The molecular formula is C39H73NO3. The Kier molecular flexibility index (Phi) is 33.6. The van der Waals surface area contributed by atoms with Gasteiger partial charge in [0, 0.05) is 12.8 Å². The van der Waals surface area contributed by atoms with Crippen molar-refractivity contribution in [1.29, 1.82) is 0 Å². The number of amides is 1. The molecule has 0 rings (SSSR count). The molecule has 0 aliphatic heterocycles. The molecule has 0 spiro atoms. The van der Waals surface area contributed by atoms with Crippen LogP contribution < -0.4 is 5.32 Å². The van der Waals surface area contributed by atoms with Crippen LogP contribution in [0.5, 0.6) is 0 Å². The van der Waals surface area contributed by atoms with Crippen LogP contribution in [0, 0.1) is 0 Å². The minimum atomic E-state index is -0.270. The lowest BCUT2D eigenvalue weighted by Gasteiger charge is -2.14. The lowest BCUT2D eigenvalue weighted by Crippen LogP contribution is -2.33. The van der Waals surface area contributed by atoms with E-state index in [0.29, 0.717) is 19.4 Å². The molecule has 0 saturated heterocycles. The highest BCUT2D eigenvalue weighted by Crippen LogP contribution is 2.12. The zero-order valence-electron chi connectivity index (χ0n) is 29.1. The molecule has 0 fully saturated rings. The molecule has 252 valence electrons. The molecule has 1 atom stereocenters. The molecule has 0 aliphatic carbocycles. The van der Waals surface area contributed by atoms with Crippen molar-refractivity contribution in [2.75, 3.05) is 6.54 Å². The summed E-state index contributed by atoms with van der Waals surface area (Å²) >= 11 is 0. The maximum Gasteiger partial charge on any atom is 0.306 e. The van der Waals surface area contributed by atoms with Gasteiger partial charge in [-0.25, -0.2) is 0 Å². The third kappa shape index (κ3) is 34.8. The molecule has 0 heterocycles. The monoisotopic (exact) mass is 604 g/mol. The summed E-state index contributed by atoms with van der Waals surface area (Å²) < 4.78 is 5.48. The fourth-order valence-electron chi connectivity index (χ4n) is 5.37. The molecule has 1 N–H and O–H groups in total. The third-order valence-electron chi connectivity index (χ3n) is 8.23. The molecule has 0 saturated carbocycles. The number of carbonyl (C=O) groups is 2. The molecule has 0 aliphatic rings. The van der Waals surface area contributed by atoms with Gasteiger partial charge in [-0.15, -0.1) is 0 Å². The number of nitrogens with one attached hydrogen (secondary N) is 1. The molecule has 1 amide bonds. The summed E-state index contributed by atoms with van der Waals surface area (Å²) in [6.07, 6.45) is 42.8.